The van der Waals surface area contributed by atoms with Gasteiger partial charge < -0.3 is 14.2 Å². The number of hydrogen-bond donors (Lipinski definition) is 0. The van der Waals surface area contributed by atoms with Crippen molar-refractivity contribution in [2.75, 3.05) is 19.8 Å². The highest BCUT2D eigenvalue weighted by Crippen LogP contribution is 2.13. The van der Waals surface area contributed by atoms with E-state index in [-0.39, 0.29) is 25.2 Å². The number of allylic oxidation sites excluding steroid dienone is 4. The predicted octanol–water partition coefficient (Wildman–Crippen LogP) is 14.9. The first-order chi connectivity index (χ1) is 25.6. The maximum Gasteiger partial charge on any atom is 0.306 e. The van der Waals surface area contributed by atoms with Crippen LogP contribution >= 0.6 is 0 Å². The van der Waals surface area contributed by atoms with E-state index in [0.29, 0.717) is 19.4 Å². The Balaban J connectivity index is 4.03. The largest absolute Gasteiger partial charge is 0.462 e. The summed E-state index contributed by atoms with van der Waals surface area (Å²) in [4.78, 5) is 25.0. The van der Waals surface area contributed by atoms with Gasteiger partial charge in [-0.3, -0.25) is 9.59 Å². The summed E-state index contributed by atoms with van der Waals surface area (Å²) in [6, 6.07) is 0. The van der Waals surface area contributed by atoms with Gasteiger partial charge in [-0.15, -0.1) is 0 Å². The molecule has 1 unspecified atom stereocenters. The van der Waals surface area contributed by atoms with Crippen molar-refractivity contribution in [2.45, 2.75) is 245 Å². The summed E-state index contributed by atoms with van der Waals surface area (Å²) in [7, 11) is 0. The molecule has 0 aromatic rings. The van der Waals surface area contributed by atoms with E-state index in [4.69, 9.17) is 14.2 Å². The van der Waals surface area contributed by atoms with Gasteiger partial charge in [0, 0.05) is 19.4 Å². The van der Waals surface area contributed by atoms with Crippen molar-refractivity contribution >= 4 is 11.9 Å². The van der Waals surface area contributed by atoms with E-state index in [0.717, 1.165) is 57.8 Å². The molecule has 0 aliphatic carbocycles. The van der Waals surface area contributed by atoms with Gasteiger partial charge in [-0.25, -0.2) is 0 Å². The molecule has 5 heteroatoms. The van der Waals surface area contributed by atoms with Crippen LogP contribution in [0.1, 0.15) is 239 Å². The first-order valence-electron chi connectivity index (χ1n) is 22.9. The third-order valence-corrected chi connectivity index (χ3v) is 9.96. The van der Waals surface area contributed by atoms with Gasteiger partial charge in [-0.1, -0.05) is 180 Å². The Hall–Kier alpha value is -1.62. The standard InChI is InChI=1S/C47H88O5/c1-4-7-10-13-15-17-19-21-22-23-24-25-27-29-31-33-36-39-42-50-43-45(52-47(49)41-38-34-12-9-6-3)44-51-46(48)40-37-35-32-30-28-26-20-18-16-14-11-8-5-2/h18,20-22,45H,4-17,19,23-44H2,1-3H3/b20-18-,22-21-. The van der Waals surface area contributed by atoms with E-state index >= 15 is 0 Å². The number of carbonyl (C=O) groups excluding carboxylic acids is 2. The summed E-state index contributed by atoms with van der Waals surface area (Å²) in [5.74, 6) is -0.414. The summed E-state index contributed by atoms with van der Waals surface area (Å²) in [5, 5.41) is 0. The maximum absolute atomic E-state index is 12.5. The third kappa shape index (κ3) is 41.1. The predicted molar refractivity (Wildman–Crippen MR) is 224 cm³/mol. The molecule has 0 saturated carbocycles. The van der Waals surface area contributed by atoms with Crippen LogP contribution in [0.4, 0.5) is 0 Å². The zero-order valence-corrected chi connectivity index (χ0v) is 35.1. The lowest BCUT2D eigenvalue weighted by molar-refractivity contribution is -0.163. The zero-order valence-electron chi connectivity index (χ0n) is 35.1. The average Bonchev–Trinajstić information content (AvgIpc) is 3.14. The second-order valence-corrected chi connectivity index (χ2v) is 15.3. The molecule has 0 N–H and O–H groups in total. The fourth-order valence-corrected chi connectivity index (χ4v) is 6.50. The Morgan fingerprint density at radius 1 is 0.404 bits per heavy atom. The molecule has 0 radical (unpaired) electrons. The average molecular weight is 733 g/mol. The van der Waals surface area contributed by atoms with E-state index < -0.39 is 6.10 Å². The molecule has 0 spiro atoms. The van der Waals surface area contributed by atoms with Crippen molar-refractivity contribution in [3.05, 3.63) is 24.3 Å². The lowest BCUT2D eigenvalue weighted by Gasteiger charge is -2.18. The molecule has 0 aliphatic rings. The van der Waals surface area contributed by atoms with Crippen LogP contribution in [0.3, 0.4) is 0 Å². The minimum atomic E-state index is -0.530. The highest BCUT2D eigenvalue weighted by Gasteiger charge is 2.17. The monoisotopic (exact) mass is 733 g/mol. The number of unbranched alkanes of at least 4 members (excludes halogenated alkanes) is 27. The molecule has 0 amide bonds. The highest BCUT2D eigenvalue weighted by atomic mass is 16.6. The molecular formula is C47H88O5. The minimum absolute atomic E-state index is 0.0834. The molecule has 52 heavy (non-hydrogen) atoms. The maximum atomic E-state index is 12.5. The molecule has 0 fully saturated rings. The number of rotatable bonds is 42. The number of ether oxygens (including phenoxy) is 3. The smallest absolute Gasteiger partial charge is 0.306 e. The van der Waals surface area contributed by atoms with Crippen molar-refractivity contribution in [3.8, 4) is 0 Å². The molecule has 0 rings (SSSR count). The summed E-state index contributed by atoms with van der Waals surface area (Å²) in [6.07, 6.45) is 49.2. The highest BCUT2D eigenvalue weighted by molar-refractivity contribution is 5.70. The number of hydrogen-bond acceptors (Lipinski definition) is 5. The van der Waals surface area contributed by atoms with Crippen LogP contribution in [-0.2, 0) is 23.8 Å². The second-order valence-electron chi connectivity index (χ2n) is 15.3. The Labute approximate surface area is 324 Å². The van der Waals surface area contributed by atoms with Gasteiger partial charge >= 0.3 is 11.9 Å². The van der Waals surface area contributed by atoms with Gasteiger partial charge in [-0.05, 0) is 70.6 Å². The van der Waals surface area contributed by atoms with Crippen LogP contribution in [0, 0.1) is 0 Å². The van der Waals surface area contributed by atoms with Crippen molar-refractivity contribution in [2.24, 2.45) is 0 Å². The fraction of sp³-hybridized carbons (Fsp3) is 0.872. The van der Waals surface area contributed by atoms with Crippen LogP contribution < -0.4 is 0 Å². The minimum Gasteiger partial charge on any atom is -0.462 e. The van der Waals surface area contributed by atoms with E-state index in [1.165, 1.54) is 148 Å². The summed E-state index contributed by atoms with van der Waals surface area (Å²) in [6.45, 7) is 7.74. The quantitative estimate of drug-likeness (QED) is 0.0355. The molecule has 0 aliphatic heterocycles. The van der Waals surface area contributed by atoms with Gasteiger partial charge in [0.15, 0.2) is 6.10 Å². The van der Waals surface area contributed by atoms with E-state index in [2.05, 4.69) is 45.1 Å². The Morgan fingerprint density at radius 2 is 0.750 bits per heavy atom. The van der Waals surface area contributed by atoms with Crippen molar-refractivity contribution in [1.82, 2.24) is 0 Å². The first-order valence-corrected chi connectivity index (χ1v) is 22.9. The molecule has 0 aromatic carbocycles. The SMILES string of the molecule is CCCCCC/C=C\CCCCCCCC(=O)OCC(COCCCCCCCCCC/C=C\CCCCCCCC)OC(=O)CCCCCCC. The number of esters is 2. The van der Waals surface area contributed by atoms with E-state index in [1.54, 1.807) is 0 Å². The zero-order chi connectivity index (χ0) is 37.8. The molecule has 1 atom stereocenters. The normalized spacial score (nSPS) is 12.3. The molecule has 0 aromatic heterocycles. The van der Waals surface area contributed by atoms with Gasteiger partial charge in [0.25, 0.3) is 0 Å². The molecule has 0 heterocycles. The van der Waals surface area contributed by atoms with Crippen LogP contribution in [0.2, 0.25) is 0 Å². The third-order valence-electron chi connectivity index (χ3n) is 9.96. The van der Waals surface area contributed by atoms with Crippen LogP contribution in [0.25, 0.3) is 0 Å². The first kappa shape index (κ1) is 50.4. The van der Waals surface area contributed by atoms with Gasteiger partial charge in [-0.2, -0.15) is 0 Å². The summed E-state index contributed by atoms with van der Waals surface area (Å²) in [5.41, 5.74) is 0. The van der Waals surface area contributed by atoms with Gasteiger partial charge in [0.2, 0.25) is 0 Å². The topological polar surface area (TPSA) is 61.8 Å². The summed E-state index contributed by atoms with van der Waals surface area (Å²) < 4.78 is 17.2. The summed E-state index contributed by atoms with van der Waals surface area (Å²) >= 11 is 0. The molecular weight excluding hydrogens is 645 g/mol. The lowest BCUT2D eigenvalue weighted by atomic mass is 10.1. The van der Waals surface area contributed by atoms with Gasteiger partial charge in [0.05, 0.1) is 6.61 Å². The Bertz CT molecular complexity index is 791. The van der Waals surface area contributed by atoms with Crippen molar-refractivity contribution in [1.29, 1.82) is 0 Å². The van der Waals surface area contributed by atoms with Crippen LogP contribution in [-0.4, -0.2) is 37.9 Å². The van der Waals surface area contributed by atoms with E-state index in [1.807, 2.05) is 0 Å². The molecule has 0 saturated heterocycles. The van der Waals surface area contributed by atoms with E-state index in [9.17, 15) is 9.59 Å². The number of carbonyl (C=O) groups is 2. The molecule has 0 bridgehead atoms. The lowest BCUT2D eigenvalue weighted by Crippen LogP contribution is -2.30. The Morgan fingerprint density at radius 3 is 1.19 bits per heavy atom. The molecule has 306 valence electrons. The van der Waals surface area contributed by atoms with Crippen LogP contribution in [0.15, 0.2) is 24.3 Å². The van der Waals surface area contributed by atoms with Crippen molar-refractivity contribution < 1.29 is 23.8 Å². The molecule has 5 nitrogen and oxygen atoms in total. The Kier molecular flexibility index (Phi) is 42.4. The van der Waals surface area contributed by atoms with Crippen molar-refractivity contribution in [3.63, 3.8) is 0 Å². The second kappa shape index (κ2) is 43.8. The van der Waals surface area contributed by atoms with Gasteiger partial charge in [0.1, 0.15) is 6.61 Å². The fourth-order valence-electron chi connectivity index (χ4n) is 6.50. The van der Waals surface area contributed by atoms with Crippen LogP contribution in [0.5, 0.6) is 0 Å².